The van der Waals surface area contributed by atoms with E-state index >= 15 is 0 Å². The molecule has 0 rings (SSSR count). The maximum atomic E-state index is 6.98. The number of allylic oxidation sites excluding steroid dienone is 2. The molecular formula is C19H45NOSi3. The topological polar surface area (TPSA) is 12.5 Å². The molecule has 0 aliphatic carbocycles. The van der Waals surface area contributed by atoms with E-state index < -0.39 is 24.8 Å². The van der Waals surface area contributed by atoms with Gasteiger partial charge in [-0.25, -0.2) is 0 Å². The fourth-order valence-corrected chi connectivity index (χ4v) is 20.6. The Balaban J connectivity index is 6.10. The average Bonchev–Trinajstić information content (AvgIpc) is 2.30. The van der Waals surface area contributed by atoms with Crippen LogP contribution in [0.4, 0.5) is 0 Å². The maximum absolute atomic E-state index is 6.98. The SMILES string of the molecule is C/C(O[Si](C(C)C)(C(C)C)C(C)C)=C(\C)N([Si](C)(C)C)[Si](C)(C)C. The predicted molar refractivity (Wildman–Crippen MR) is 119 cm³/mol. The van der Waals surface area contributed by atoms with Crippen LogP contribution in [0, 0.1) is 0 Å². The Morgan fingerprint density at radius 3 is 1.17 bits per heavy atom. The van der Waals surface area contributed by atoms with Crippen molar-refractivity contribution in [3.8, 4) is 0 Å². The molecule has 0 N–H and O–H groups in total. The zero-order chi connectivity index (χ0) is 19.7. The molecule has 0 unspecified atom stereocenters. The van der Waals surface area contributed by atoms with E-state index in [-0.39, 0.29) is 0 Å². The largest absolute Gasteiger partial charge is 0.545 e. The Kier molecular flexibility index (Phi) is 8.12. The van der Waals surface area contributed by atoms with Gasteiger partial charge in [0.25, 0.3) is 8.32 Å². The van der Waals surface area contributed by atoms with Crippen LogP contribution in [0.5, 0.6) is 0 Å². The monoisotopic (exact) mass is 387 g/mol. The molecule has 0 aliphatic rings. The summed E-state index contributed by atoms with van der Waals surface area (Å²) in [6.07, 6.45) is 0. The summed E-state index contributed by atoms with van der Waals surface area (Å²) in [5.74, 6) is 1.18. The predicted octanol–water partition coefficient (Wildman–Crippen LogP) is 7.40. The Morgan fingerprint density at radius 2 is 0.958 bits per heavy atom. The normalized spacial score (nSPS) is 15.2. The molecule has 2 nitrogen and oxygen atoms in total. The van der Waals surface area contributed by atoms with E-state index in [2.05, 4.69) is 98.9 Å². The molecule has 24 heavy (non-hydrogen) atoms. The standard InChI is InChI=1S/C19H45NOSi3/c1-15(2)24(16(3)4,17(5)6)21-19(8)18(7)20(22(9,10)11)23(12,13)14/h15-17H,1-14H3/b19-18-. The van der Waals surface area contributed by atoms with E-state index in [1.54, 1.807) is 0 Å². The van der Waals surface area contributed by atoms with E-state index in [0.717, 1.165) is 0 Å². The molecule has 0 atom stereocenters. The molecule has 0 heterocycles. The summed E-state index contributed by atoms with van der Waals surface area (Å²) in [6, 6.07) is 0. The highest BCUT2D eigenvalue weighted by atomic mass is 28.4. The van der Waals surface area contributed by atoms with Crippen LogP contribution in [0.2, 0.25) is 55.9 Å². The molecule has 144 valence electrons. The fraction of sp³-hybridized carbons (Fsp3) is 0.895. The van der Waals surface area contributed by atoms with Crippen molar-refractivity contribution in [2.75, 3.05) is 0 Å². The Hall–Kier alpha value is -0.00935. The molecule has 0 aliphatic heterocycles. The van der Waals surface area contributed by atoms with Crippen molar-refractivity contribution >= 4 is 24.8 Å². The molecule has 0 aromatic heterocycles. The van der Waals surface area contributed by atoms with Crippen molar-refractivity contribution in [3.05, 3.63) is 11.5 Å². The van der Waals surface area contributed by atoms with E-state index in [0.29, 0.717) is 16.6 Å². The lowest BCUT2D eigenvalue weighted by molar-refractivity contribution is 0.360. The summed E-state index contributed by atoms with van der Waals surface area (Å²) in [6.45, 7) is 33.5. The van der Waals surface area contributed by atoms with E-state index in [9.17, 15) is 0 Å². The van der Waals surface area contributed by atoms with Gasteiger partial charge < -0.3 is 8.66 Å². The van der Waals surface area contributed by atoms with Crippen LogP contribution < -0.4 is 0 Å². The first-order valence-corrected chi connectivity index (χ1v) is 18.7. The van der Waals surface area contributed by atoms with Gasteiger partial charge in [0.2, 0.25) is 0 Å². The van der Waals surface area contributed by atoms with Crippen molar-refractivity contribution in [2.24, 2.45) is 0 Å². The van der Waals surface area contributed by atoms with Crippen molar-refractivity contribution in [1.82, 2.24) is 4.23 Å². The molecule has 0 aromatic rings. The third-order valence-electron chi connectivity index (χ3n) is 5.22. The van der Waals surface area contributed by atoms with Crippen LogP contribution in [-0.2, 0) is 4.43 Å². The number of rotatable bonds is 8. The highest BCUT2D eigenvalue weighted by Gasteiger charge is 2.47. The zero-order valence-corrected chi connectivity index (χ0v) is 22.1. The smallest absolute Gasteiger partial charge is 0.258 e. The first-order chi connectivity index (χ1) is 10.5. The Labute approximate surface area is 156 Å². The van der Waals surface area contributed by atoms with Crippen LogP contribution in [0.1, 0.15) is 55.4 Å². The Bertz CT molecular complexity index is 407. The molecule has 0 saturated heterocycles. The fourth-order valence-electron chi connectivity index (χ4n) is 4.86. The van der Waals surface area contributed by atoms with Gasteiger partial charge in [-0.15, -0.1) is 0 Å². The molecule has 0 aromatic carbocycles. The van der Waals surface area contributed by atoms with Crippen molar-refractivity contribution < 1.29 is 4.43 Å². The summed E-state index contributed by atoms with van der Waals surface area (Å²) < 4.78 is 9.76. The molecule has 5 heteroatoms. The highest BCUT2D eigenvalue weighted by molar-refractivity contribution is 6.90. The molecule has 0 amide bonds. The lowest BCUT2D eigenvalue weighted by Gasteiger charge is -2.48. The third kappa shape index (κ3) is 5.24. The number of nitrogens with zero attached hydrogens (tertiary/aromatic N) is 1. The van der Waals surface area contributed by atoms with Crippen LogP contribution in [0.15, 0.2) is 11.5 Å². The first-order valence-electron chi connectivity index (χ1n) is 9.66. The molecule has 0 radical (unpaired) electrons. The van der Waals surface area contributed by atoms with Gasteiger partial charge in [-0.3, -0.25) is 0 Å². The average molecular weight is 388 g/mol. The summed E-state index contributed by atoms with van der Waals surface area (Å²) in [5, 5.41) is 0. The summed E-state index contributed by atoms with van der Waals surface area (Å²) >= 11 is 0. The molecular weight excluding hydrogens is 342 g/mol. The van der Waals surface area contributed by atoms with Crippen LogP contribution >= 0.6 is 0 Å². The van der Waals surface area contributed by atoms with E-state index in [1.165, 1.54) is 11.5 Å². The van der Waals surface area contributed by atoms with Gasteiger partial charge >= 0.3 is 0 Å². The van der Waals surface area contributed by atoms with E-state index in [4.69, 9.17) is 4.43 Å². The maximum Gasteiger partial charge on any atom is 0.258 e. The second kappa shape index (κ2) is 8.13. The summed E-state index contributed by atoms with van der Waals surface area (Å²) in [4.78, 5) is 0. The molecule has 0 saturated carbocycles. The van der Waals surface area contributed by atoms with Gasteiger partial charge in [-0.1, -0.05) is 80.8 Å². The summed E-state index contributed by atoms with van der Waals surface area (Å²) in [5.41, 5.74) is 3.25. The Morgan fingerprint density at radius 1 is 0.667 bits per heavy atom. The van der Waals surface area contributed by atoms with Gasteiger partial charge in [-0.05, 0) is 30.5 Å². The van der Waals surface area contributed by atoms with E-state index in [1.807, 2.05) is 0 Å². The third-order valence-corrected chi connectivity index (χ3v) is 18.7. The van der Waals surface area contributed by atoms with Crippen LogP contribution in [-0.4, -0.2) is 29.0 Å². The highest BCUT2D eigenvalue weighted by Crippen LogP contribution is 2.44. The number of hydrogen-bond acceptors (Lipinski definition) is 2. The minimum Gasteiger partial charge on any atom is -0.545 e. The lowest BCUT2D eigenvalue weighted by atomic mass is 10.4. The van der Waals surface area contributed by atoms with Gasteiger partial charge in [0.1, 0.15) is 16.5 Å². The van der Waals surface area contributed by atoms with Gasteiger partial charge in [0, 0.05) is 5.70 Å². The van der Waals surface area contributed by atoms with Crippen molar-refractivity contribution in [3.63, 3.8) is 0 Å². The van der Waals surface area contributed by atoms with Gasteiger partial charge in [0.05, 0.1) is 5.76 Å². The lowest BCUT2D eigenvalue weighted by Crippen LogP contribution is -2.58. The van der Waals surface area contributed by atoms with Gasteiger partial charge in [-0.2, -0.15) is 0 Å². The van der Waals surface area contributed by atoms with Crippen LogP contribution in [0.3, 0.4) is 0 Å². The number of hydrogen-bond donors (Lipinski definition) is 0. The van der Waals surface area contributed by atoms with Gasteiger partial charge in [0.15, 0.2) is 0 Å². The second-order valence-corrected chi connectivity index (χ2v) is 25.6. The second-order valence-electron chi connectivity index (χ2n) is 10.2. The minimum absolute atomic E-state index is 0.618. The quantitative estimate of drug-likeness (QED) is 0.317. The minimum atomic E-state index is -1.87. The summed E-state index contributed by atoms with van der Waals surface area (Å²) in [7, 11) is -4.74. The van der Waals surface area contributed by atoms with Crippen molar-refractivity contribution in [2.45, 2.75) is 111 Å². The van der Waals surface area contributed by atoms with Crippen LogP contribution in [0.25, 0.3) is 0 Å². The molecule has 0 spiro atoms. The van der Waals surface area contributed by atoms with Crippen molar-refractivity contribution in [1.29, 1.82) is 0 Å². The first kappa shape index (κ1) is 24.0. The zero-order valence-electron chi connectivity index (χ0n) is 19.1. The molecule has 0 fully saturated rings. The molecule has 0 bridgehead atoms.